The molecule has 1 aromatic carbocycles. The standard InChI is InChI=1S/C29H30N6O3/c1-17-9-19(7-6-8-30)10-18(2)22(17)38-23-20-21(24(36)35-15-26(3,4)16-37-27(20,35)5)32-25(33-23)34-29-11-28(12-29,13-29)14-31/h6-7,9-10H,11-13,15-16H2,1-5H3,(H,32,33,34)/b7-6+. The quantitative estimate of drug-likeness (QED) is 0.560. The van der Waals surface area contributed by atoms with E-state index in [0.717, 1.165) is 36.0 Å². The predicted molar refractivity (Wildman–Crippen MR) is 139 cm³/mol. The molecule has 1 aromatic heterocycles. The summed E-state index contributed by atoms with van der Waals surface area (Å²) in [5.74, 6) is 1.03. The number of aromatic nitrogens is 2. The van der Waals surface area contributed by atoms with Crippen LogP contribution in [0.1, 0.15) is 72.8 Å². The predicted octanol–water partition coefficient (Wildman–Crippen LogP) is 4.97. The summed E-state index contributed by atoms with van der Waals surface area (Å²) in [4.78, 5) is 24.9. The van der Waals surface area contributed by atoms with E-state index in [-0.39, 0.29) is 33.9 Å². The van der Waals surface area contributed by atoms with Gasteiger partial charge in [-0.1, -0.05) is 13.8 Å². The van der Waals surface area contributed by atoms with Gasteiger partial charge in [0.15, 0.2) is 5.72 Å². The molecule has 7 rings (SSSR count). The lowest BCUT2D eigenvalue weighted by Crippen LogP contribution is -2.70. The van der Waals surface area contributed by atoms with E-state index in [4.69, 9.17) is 24.7 Å². The lowest BCUT2D eigenvalue weighted by Gasteiger charge is -2.66. The van der Waals surface area contributed by atoms with Crippen molar-refractivity contribution in [3.63, 3.8) is 0 Å². The van der Waals surface area contributed by atoms with Crippen LogP contribution in [0.2, 0.25) is 0 Å². The van der Waals surface area contributed by atoms with Crippen molar-refractivity contribution in [1.29, 1.82) is 10.5 Å². The van der Waals surface area contributed by atoms with Crippen molar-refractivity contribution in [2.45, 2.75) is 65.1 Å². The Kier molecular flexibility index (Phi) is 4.99. The third-order valence-corrected chi connectivity index (χ3v) is 8.31. The summed E-state index contributed by atoms with van der Waals surface area (Å²) in [6.07, 6.45) is 5.43. The number of aryl methyl sites for hydroxylation is 2. The first-order chi connectivity index (χ1) is 17.9. The van der Waals surface area contributed by atoms with Crippen molar-refractivity contribution in [2.24, 2.45) is 10.8 Å². The summed E-state index contributed by atoms with van der Waals surface area (Å²) < 4.78 is 12.9. The third-order valence-electron chi connectivity index (χ3n) is 8.31. The van der Waals surface area contributed by atoms with E-state index >= 15 is 0 Å². The van der Waals surface area contributed by atoms with Gasteiger partial charge in [-0.05, 0) is 74.9 Å². The highest BCUT2D eigenvalue weighted by molar-refractivity contribution is 5.99. The molecule has 38 heavy (non-hydrogen) atoms. The fourth-order valence-electron chi connectivity index (χ4n) is 6.53. The number of carbonyl (C=O) groups is 1. The molecular weight excluding hydrogens is 480 g/mol. The van der Waals surface area contributed by atoms with Gasteiger partial charge in [-0.15, -0.1) is 0 Å². The molecule has 194 valence electrons. The first kappa shape index (κ1) is 24.4. The summed E-state index contributed by atoms with van der Waals surface area (Å²) in [5.41, 5.74) is 1.75. The molecule has 4 fully saturated rings. The molecule has 2 aromatic rings. The minimum atomic E-state index is -1.05. The number of amides is 1. The van der Waals surface area contributed by atoms with Crippen molar-refractivity contribution < 1.29 is 14.3 Å². The van der Waals surface area contributed by atoms with Crippen molar-refractivity contribution in [3.05, 3.63) is 46.2 Å². The number of hydrogen-bond donors (Lipinski definition) is 1. The maximum atomic E-state index is 13.7. The Hall–Kier alpha value is -3.95. The number of nitrogens with one attached hydrogen (secondary N) is 1. The van der Waals surface area contributed by atoms with E-state index in [9.17, 15) is 10.1 Å². The minimum Gasteiger partial charge on any atom is -0.438 e. The fraction of sp³-hybridized carbons (Fsp3) is 0.483. The van der Waals surface area contributed by atoms with Crippen molar-refractivity contribution in [1.82, 2.24) is 14.9 Å². The van der Waals surface area contributed by atoms with Crippen LogP contribution in [0.3, 0.4) is 0 Å². The number of rotatable bonds is 5. The lowest BCUT2D eigenvalue weighted by molar-refractivity contribution is -0.193. The van der Waals surface area contributed by atoms with Crippen LogP contribution in [0, 0.1) is 47.3 Å². The van der Waals surface area contributed by atoms with Crippen LogP contribution in [0.5, 0.6) is 11.6 Å². The fourth-order valence-corrected chi connectivity index (χ4v) is 6.53. The molecule has 1 saturated heterocycles. The largest absolute Gasteiger partial charge is 0.438 e. The number of ether oxygens (including phenoxy) is 2. The van der Waals surface area contributed by atoms with Crippen LogP contribution in [-0.2, 0) is 10.5 Å². The van der Waals surface area contributed by atoms with Crippen LogP contribution in [0.25, 0.3) is 6.08 Å². The smallest absolute Gasteiger partial charge is 0.275 e. The number of allylic oxidation sites excluding steroid dienone is 1. The molecule has 0 spiro atoms. The van der Waals surface area contributed by atoms with Gasteiger partial charge in [0, 0.05) is 23.6 Å². The molecule has 9 nitrogen and oxygen atoms in total. The Balaban J connectivity index is 1.43. The Bertz CT molecular complexity index is 1470. The summed E-state index contributed by atoms with van der Waals surface area (Å²) in [6, 6.07) is 8.32. The molecule has 3 heterocycles. The number of fused-ring (bicyclic) bond motifs is 3. The number of benzene rings is 1. The molecule has 1 atom stereocenters. The second kappa shape index (κ2) is 7.78. The van der Waals surface area contributed by atoms with E-state index in [1.165, 1.54) is 6.08 Å². The van der Waals surface area contributed by atoms with Gasteiger partial charge < -0.3 is 19.7 Å². The second-order valence-electron chi connectivity index (χ2n) is 12.3. The monoisotopic (exact) mass is 510 g/mol. The average Bonchev–Trinajstić information content (AvgIpc) is 3.02. The number of hydrogen-bond acceptors (Lipinski definition) is 8. The minimum absolute atomic E-state index is 0.204. The lowest BCUT2D eigenvalue weighted by atomic mass is 9.40. The maximum Gasteiger partial charge on any atom is 0.275 e. The van der Waals surface area contributed by atoms with Crippen LogP contribution in [0.15, 0.2) is 18.2 Å². The molecule has 1 unspecified atom stereocenters. The Morgan fingerprint density at radius 1 is 1.13 bits per heavy atom. The molecule has 3 saturated carbocycles. The first-order valence-corrected chi connectivity index (χ1v) is 12.9. The topological polar surface area (TPSA) is 124 Å². The average molecular weight is 511 g/mol. The number of anilines is 1. The number of carbonyl (C=O) groups excluding carboxylic acids is 1. The van der Waals surface area contributed by atoms with Gasteiger partial charge in [-0.25, -0.2) is 4.98 Å². The van der Waals surface area contributed by atoms with Crippen molar-refractivity contribution in [3.8, 4) is 23.8 Å². The molecule has 1 amide bonds. The number of nitrogens with zero attached hydrogens (tertiary/aromatic N) is 5. The zero-order valence-corrected chi connectivity index (χ0v) is 22.3. The van der Waals surface area contributed by atoms with Crippen LogP contribution in [-0.4, -0.2) is 39.5 Å². The van der Waals surface area contributed by atoms with E-state index in [1.54, 1.807) is 11.0 Å². The van der Waals surface area contributed by atoms with Crippen molar-refractivity contribution in [2.75, 3.05) is 18.5 Å². The number of nitriles is 2. The summed E-state index contributed by atoms with van der Waals surface area (Å²) in [6.45, 7) is 10.9. The zero-order chi connectivity index (χ0) is 27.1. The van der Waals surface area contributed by atoms with Gasteiger partial charge in [0.25, 0.3) is 5.91 Å². The normalized spacial score (nSPS) is 30.0. The molecular formula is C29H30N6O3. The molecule has 1 N–H and O–H groups in total. The Morgan fingerprint density at radius 3 is 2.45 bits per heavy atom. The molecule has 3 aliphatic carbocycles. The highest BCUT2D eigenvalue weighted by Gasteiger charge is 2.69. The second-order valence-corrected chi connectivity index (χ2v) is 12.3. The van der Waals surface area contributed by atoms with E-state index in [1.807, 2.05) is 39.0 Å². The maximum absolute atomic E-state index is 13.7. The summed E-state index contributed by atoms with van der Waals surface area (Å²) >= 11 is 0. The van der Waals surface area contributed by atoms with Gasteiger partial charge in [-0.3, -0.25) is 4.79 Å². The summed E-state index contributed by atoms with van der Waals surface area (Å²) in [5, 5.41) is 21.7. The molecule has 2 aliphatic heterocycles. The van der Waals surface area contributed by atoms with Crippen LogP contribution in [0.4, 0.5) is 5.95 Å². The molecule has 0 radical (unpaired) electrons. The van der Waals surface area contributed by atoms with Gasteiger partial charge in [0.2, 0.25) is 11.8 Å². The van der Waals surface area contributed by atoms with E-state index < -0.39 is 5.72 Å². The highest BCUT2D eigenvalue weighted by atomic mass is 16.5. The van der Waals surface area contributed by atoms with Crippen molar-refractivity contribution >= 4 is 17.9 Å². The van der Waals surface area contributed by atoms with E-state index in [0.29, 0.717) is 30.4 Å². The Labute approximate surface area is 222 Å². The summed E-state index contributed by atoms with van der Waals surface area (Å²) in [7, 11) is 0. The SMILES string of the molecule is Cc1cc(/C=C/C#N)cc(C)c1Oc1nc(NC23CC(C#N)(C2)C3)nc2c1C1(C)OCC(C)(C)CN1C2=O. The highest BCUT2D eigenvalue weighted by Crippen LogP contribution is 2.68. The van der Waals surface area contributed by atoms with Gasteiger partial charge in [0.1, 0.15) is 11.4 Å². The van der Waals surface area contributed by atoms with Gasteiger partial charge in [-0.2, -0.15) is 15.5 Å². The van der Waals surface area contributed by atoms with Crippen LogP contribution >= 0.6 is 0 Å². The third kappa shape index (κ3) is 3.49. The molecule has 9 heteroatoms. The van der Waals surface area contributed by atoms with E-state index in [2.05, 4.69) is 25.2 Å². The zero-order valence-electron chi connectivity index (χ0n) is 22.3. The molecule has 2 bridgehead atoms. The van der Waals surface area contributed by atoms with Crippen LogP contribution < -0.4 is 10.1 Å². The van der Waals surface area contributed by atoms with Gasteiger partial charge in [0.05, 0.1) is 29.7 Å². The molecule has 5 aliphatic rings. The first-order valence-electron chi connectivity index (χ1n) is 12.9. The Morgan fingerprint density at radius 2 is 1.82 bits per heavy atom. The van der Waals surface area contributed by atoms with Gasteiger partial charge >= 0.3 is 0 Å².